The van der Waals surface area contributed by atoms with Crippen molar-refractivity contribution in [3.63, 3.8) is 0 Å². The van der Waals surface area contributed by atoms with E-state index in [0.717, 1.165) is 0 Å². The summed E-state index contributed by atoms with van der Waals surface area (Å²) in [6.45, 7) is 0. The van der Waals surface area contributed by atoms with E-state index in [1.54, 1.807) is 7.05 Å². The zero-order valence-electron chi connectivity index (χ0n) is 11.8. The Morgan fingerprint density at radius 2 is 2.15 bits per heavy atom. The minimum absolute atomic E-state index is 0.0263. The topological polar surface area (TPSA) is 90.4 Å². The van der Waals surface area contributed by atoms with Gasteiger partial charge in [-0.2, -0.15) is 4.98 Å². The molecule has 2 atom stereocenters. The van der Waals surface area contributed by atoms with Crippen LogP contribution in [0.4, 0.5) is 0 Å². The Morgan fingerprint density at radius 1 is 1.40 bits per heavy atom. The molecule has 1 aliphatic rings. The summed E-state index contributed by atoms with van der Waals surface area (Å²) in [4.78, 5) is 8.50. The number of nitrogens with zero attached hydrogens (tertiary/aromatic N) is 2. The van der Waals surface area contributed by atoms with Gasteiger partial charge in [0.25, 0.3) is 0 Å². The van der Waals surface area contributed by atoms with Crippen LogP contribution >= 0.6 is 0 Å². The van der Waals surface area contributed by atoms with Crippen molar-refractivity contribution in [3.05, 3.63) is 11.9 Å². The molecule has 0 radical (unpaired) electrons. The second kappa shape index (κ2) is 5.92. The van der Waals surface area contributed by atoms with Crippen molar-refractivity contribution in [2.24, 2.45) is 5.92 Å². The third-order valence-corrected chi connectivity index (χ3v) is 5.29. The van der Waals surface area contributed by atoms with Gasteiger partial charge in [-0.3, -0.25) is 0 Å². The Bertz CT molecular complexity index is 576. The van der Waals surface area contributed by atoms with E-state index in [1.165, 1.54) is 20.4 Å². The molecule has 1 aromatic heterocycles. The van der Waals surface area contributed by atoms with Crippen molar-refractivity contribution in [1.29, 1.82) is 0 Å². The van der Waals surface area contributed by atoms with Crippen LogP contribution < -0.4 is 14.8 Å². The zero-order chi connectivity index (χ0) is 14.8. The van der Waals surface area contributed by atoms with Gasteiger partial charge in [0, 0.05) is 0 Å². The Kier molecular flexibility index (Phi) is 4.44. The zero-order valence-corrected chi connectivity index (χ0v) is 12.6. The molecule has 1 fully saturated rings. The lowest BCUT2D eigenvalue weighted by Gasteiger charge is -2.22. The molecule has 0 aliphatic carbocycles. The molecule has 1 aromatic rings. The normalized spacial score (nSPS) is 22.4. The van der Waals surface area contributed by atoms with Gasteiger partial charge >= 0.3 is 0 Å². The van der Waals surface area contributed by atoms with Gasteiger partial charge in [0.05, 0.1) is 38.0 Å². The first-order valence-corrected chi connectivity index (χ1v) is 8.15. The number of methoxy groups -OCH3 is 2. The lowest BCUT2D eigenvalue weighted by Crippen LogP contribution is -2.27. The van der Waals surface area contributed by atoms with Crippen LogP contribution in [0.1, 0.15) is 18.2 Å². The van der Waals surface area contributed by atoms with Crippen LogP contribution in [-0.4, -0.2) is 51.2 Å². The Hall–Kier alpha value is -1.41. The van der Waals surface area contributed by atoms with Gasteiger partial charge < -0.3 is 14.8 Å². The molecule has 20 heavy (non-hydrogen) atoms. The fraction of sp³-hybridized carbons (Fsp3) is 0.667. The van der Waals surface area contributed by atoms with Crippen LogP contribution in [0.5, 0.6) is 11.8 Å². The number of hydrogen-bond acceptors (Lipinski definition) is 7. The van der Waals surface area contributed by atoms with E-state index in [9.17, 15) is 8.42 Å². The molecular formula is C12H19N3O4S. The summed E-state index contributed by atoms with van der Waals surface area (Å²) >= 11 is 0. The van der Waals surface area contributed by atoms with Crippen LogP contribution in [0.15, 0.2) is 6.20 Å². The quantitative estimate of drug-likeness (QED) is 0.830. The summed E-state index contributed by atoms with van der Waals surface area (Å²) in [5, 5.41) is 3.12. The van der Waals surface area contributed by atoms with Crippen LogP contribution in [0.25, 0.3) is 0 Å². The molecule has 0 spiro atoms. The highest BCUT2D eigenvalue weighted by Gasteiger charge is 2.36. The highest BCUT2D eigenvalue weighted by molar-refractivity contribution is 7.91. The fourth-order valence-electron chi connectivity index (χ4n) is 2.51. The molecule has 1 saturated heterocycles. The third-order valence-electron chi connectivity index (χ3n) is 3.49. The van der Waals surface area contributed by atoms with Crippen molar-refractivity contribution in [2.45, 2.75) is 12.5 Å². The van der Waals surface area contributed by atoms with Gasteiger partial charge in [0.15, 0.2) is 9.84 Å². The maximum absolute atomic E-state index is 11.6. The van der Waals surface area contributed by atoms with E-state index < -0.39 is 9.84 Å². The Balaban J connectivity index is 2.32. The second-order valence-corrected chi connectivity index (χ2v) is 6.97. The third kappa shape index (κ3) is 3.01. The van der Waals surface area contributed by atoms with E-state index in [4.69, 9.17) is 9.47 Å². The molecule has 112 valence electrons. The molecule has 2 rings (SSSR count). The lowest BCUT2D eigenvalue weighted by atomic mass is 9.96. The van der Waals surface area contributed by atoms with Crippen molar-refractivity contribution in [3.8, 4) is 11.8 Å². The highest BCUT2D eigenvalue weighted by Crippen LogP contribution is 2.34. The summed E-state index contributed by atoms with van der Waals surface area (Å²) in [6, 6.07) is -0.208. The van der Waals surface area contributed by atoms with E-state index in [2.05, 4.69) is 15.3 Å². The Morgan fingerprint density at radius 3 is 2.65 bits per heavy atom. The maximum atomic E-state index is 11.6. The lowest BCUT2D eigenvalue weighted by molar-refractivity contribution is 0.335. The Labute approximate surface area is 118 Å². The first kappa shape index (κ1) is 15.0. The van der Waals surface area contributed by atoms with Crippen LogP contribution in [-0.2, 0) is 9.84 Å². The molecule has 0 aromatic carbocycles. The predicted molar refractivity (Wildman–Crippen MR) is 73.7 cm³/mol. The van der Waals surface area contributed by atoms with Crippen molar-refractivity contribution < 1.29 is 17.9 Å². The van der Waals surface area contributed by atoms with E-state index in [-0.39, 0.29) is 23.5 Å². The van der Waals surface area contributed by atoms with Gasteiger partial charge in [-0.25, -0.2) is 13.4 Å². The molecular weight excluding hydrogens is 282 g/mol. The molecule has 7 nitrogen and oxygen atoms in total. The van der Waals surface area contributed by atoms with Crippen LogP contribution in [0.3, 0.4) is 0 Å². The SMILES string of the molecule is CNC(c1ncc(OC)nc1OC)C1CCS(=O)(=O)C1. The summed E-state index contributed by atoms with van der Waals surface area (Å²) in [5.41, 5.74) is 0.609. The van der Waals surface area contributed by atoms with E-state index in [1.807, 2.05) is 0 Å². The van der Waals surface area contributed by atoms with Gasteiger partial charge in [-0.05, 0) is 19.4 Å². The molecule has 1 aliphatic heterocycles. The van der Waals surface area contributed by atoms with E-state index in [0.29, 0.717) is 23.9 Å². The highest BCUT2D eigenvalue weighted by atomic mass is 32.2. The number of aromatic nitrogens is 2. The van der Waals surface area contributed by atoms with Crippen LogP contribution in [0.2, 0.25) is 0 Å². The molecule has 2 heterocycles. The van der Waals surface area contributed by atoms with E-state index >= 15 is 0 Å². The first-order valence-electron chi connectivity index (χ1n) is 6.33. The number of ether oxygens (including phenoxy) is 2. The second-order valence-electron chi connectivity index (χ2n) is 4.74. The number of hydrogen-bond donors (Lipinski definition) is 1. The largest absolute Gasteiger partial charge is 0.480 e. The minimum atomic E-state index is -2.94. The van der Waals surface area contributed by atoms with Crippen molar-refractivity contribution in [2.75, 3.05) is 32.8 Å². The average molecular weight is 301 g/mol. The minimum Gasteiger partial charge on any atom is -0.480 e. The molecule has 0 amide bonds. The summed E-state index contributed by atoms with van der Waals surface area (Å²) < 4.78 is 33.5. The molecule has 1 N–H and O–H groups in total. The summed E-state index contributed by atoms with van der Waals surface area (Å²) in [5.74, 6) is 1.07. The average Bonchev–Trinajstić information content (AvgIpc) is 2.80. The summed E-state index contributed by atoms with van der Waals surface area (Å²) in [6.07, 6.45) is 2.12. The van der Waals surface area contributed by atoms with Gasteiger partial charge in [0.1, 0.15) is 5.69 Å². The van der Waals surface area contributed by atoms with Gasteiger partial charge in [0.2, 0.25) is 11.8 Å². The monoisotopic (exact) mass is 301 g/mol. The number of nitrogens with one attached hydrogen (secondary N) is 1. The van der Waals surface area contributed by atoms with Crippen molar-refractivity contribution >= 4 is 9.84 Å². The molecule has 0 saturated carbocycles. The number of sulfone groups is 1. The van der Waals surface area contributed by atoms with Crippen molar-refractivity contribution in [1.82, 2.24) is 15.3 Å². The molecule has 8 heteroatoms. The standard InChI is InChI=1S/C12H19N3O4S/c1-13-10(8-4-5-20(16,17)7-8)11-12(19-3)15-9(18-2)6-14-11/h6,8,10,13H,4-5,7H2,1-3H3. The number of rotatable bonds is 5. The predicted octanol–water partition coefficient (Wildman–Crippen LogP) is 0.189. The first-order chi connectivity index (χ1) is 9.50. The smallest absolute Gasteiger partial charge is 0.240 e. The maximum Gasteiger partial charge on any atom is 0.240 e. The molecule has 0 bridgehead atoms. The van der Waals surface area contributed by atoms with Gasteiger partial charge in [-0.1, -0.05) is 0 Å². The van der Waals surface area contributed by atoms with Gasteiger partial charge in [-0.15, -0.1) is 0 Å². The molecule has 2 unspecified atom stereocenters. The summed E-state index contributed by atoms with van der Waals surface area (Å²) in [7, 11) is 1.84. The fourth-order valence-corrected chi connectivity index (χ4v) is 4.35. The van der Waals surface area contributed by atoms with Crippen LogP contribution in [0, 0.1) is 5.92 Å².